The molecule has 2 N–H and O–H groups in total. The molecular weight excluding hydrogens is 192 g/mol. The number of methoxy groups -OCH3 is 1. The van der Waals surface area contributed by atoms with Crippen LogP contribution in [0, 0.1) is 0 Å². The maximum atomic E-state index is 5.62. The lowest BCUT2D eigenvalue weighted by Gasteiger charge is -2.17. The zero-order valence-corrected chi connectivity index (χ0v) is 9.74. The molecule has 0 unspecified atom stereocenters. The van der Waals surface area contributed by atoms with E-state index in [4.69, 9.17) is 10.5 Å². The van der Waals surface area contributed by atoms with Crippen LogP contribution in [0.5, 0.6) is 0 Å². The summed E-state index contributed by atoms with van der Waals surface area (Å²) in [5, 5.41) is 0. The minimum absolute atomic E-state index is 0.112. The summed E-state index contributed by atoms with van der Waals surface area (Å²) in [5.41, 5.74) is 5.51. The third kappa shape index (κ3) is 3.43. The highest BCUT2D eigenvalue weighted by Gasteiger charge is 2.19. The van der Waals surface area contributed by atoms with E-state index in [9.17, 15) is 0 Å². The van der Waals surface area contributed by atoms with Crippen molar-refractivity contribution >= 4 is 5.95 Å². The van der Waals surface area contributed by atoms with Gasteiger partial charge in [0.05, 0.1) is 6.61 Å². The molecule has 5 nitrogen and oxygen atoms in total. The predicted molar refractivity (Wildman–Crippen MR) is 58.5 cm³/mol. The van der Waals surface area contributed by atoms with E-state index in [0.717, 1.165) is 5.82 Å². The van der Waals surface area contributed by atoms with Crippen LogP contribution in [0.3, 0.4) is 0 Å². The van der Waals surface area contributed by atoms with Crippen molar-refractivity contribution in [3.05, 3.63) is 11.6 Å². The van der Waals surface area contributed by atoms with Gasteiger partial charge in [0.15, 0.2) is 0 Å². The first-order chi connectivity index (χ1) is 6.93. The summed E-state index contributed by atoms with van der Waals surface area (Å²) < 4.78 is 4.97. The average Bonchev–Trinajstić information content (AvgIpc) is 2.12. The topological polar surface area (TPSA) is 73.9 Å². The van der Waals surface area contributed by atoms with Gasteiger partial charge in [-0.2, -0.15) is 9.97 Å². The van der Waals surface area contributed by atoms with Crippen LogP contribution in [0.15, 0.2) is 0 Å². The second kappa shape index (κ2) is 4.53. The summed E-state index contributed by atoms with van der Waals surface area (Å²) in [6.45, 7) is 6.72. The molecule has 0 atom stereocenters. The van der Waals surface area contributed by atoms with Crippen LogP contribution in [0.2, 0.25) is 0 Å². The number of anilines is 1. The molecule has 1 rings (SSSR count). The first kappa shape index (κ1) is 11.8. The van der Waals surface area contributed by atoms with Gasteiger partial charge in [-0.15, -0.1) is 0 Å². The molecule has 84 valence electrons. The number of nitrogen functional groups attached to an aromatic ring is 1. The Hall–Kier alpha value is -1.23. The molecule has 0 aliphatic rings. The fourth-order valence-corrected chi connectivity index (χ4v) is 1.08. The third-order valence-corrected chi connectivity index (χ3v) is 1.90. The van der Waals surface area contributed by atoms with E-state index in [2.05, 4.69) is 15.0 Å². The number of nitrogens with two attached hydrogens (primary N) is 1. The summed E-state index contributed by atoms with van der Waals surface area (Å²) in [6, 6.07) is 0. The third-order valence-electron chi connectivity index (χ3n) is 1.90. The lowest BCUT2D eigenvalue weighted by Crippen LogP contribution is -2.19. The predicted octanol–water partition coefficient (Wildman–Crippen LogP) is 0.940. The van der Waals surface area contributed by atoms with Crippen molar-refractivity contribution in [2.75, 3.05) is 19.5 Å². The molecule has 0 aliphatic heterocycles. The summed E-state index contributed by atoms with van der Waals surface area (Å²) in [7, 11) is 1.65. The van der Waals surface area contributed by atoms with Crippen LogP contribution in [0.25, 0.3) is 0 Å². The van der Waals surface area contributed by atoms with Crippen LogP contribution < -0.4 is 5.73 Å². The van der Waals surface area contributed by atoms with E-state index >= 15 is 0 Å². The molecule has 0 spiro atoms. The molecule has 1 aromatic rings. The molecular formula is C10H18N4O. The SMILES string of the molecule is COCCc1nc(N)nc(C(C)(C)C)n1. The molecule has 0 amide bonds. The second-order valence-electron chi connectivity index (χ2n) is 4.43. The van der Waals surface area contributed by atoms with Gasteiger partial charge >= 0.3 is 0 Å². The van der Waals surface area contributed by atoms with Gasteiger partial charge in [-0.1, -0.05) is 20.8 Å². The van der Waals surface area contributed by atoms with Gasteiger partial charge in [0.2, 0.25) is 5.95 Å². The van der Waals surface area contributed by atoms with Crippen LogP contribution in [0.4, 0.5) is 5.95 Å². The number of hydrogen-bond donors (Lipinski definition) is 1. The van der Waals surface area contributed by atoms with Crippen molar-refractivity contribution < 1.29 is 4.74 Å². The van der Waals surface area contributed by atoms with Gasteiger partial charge in [0.25, 0.3) is 0 Å². The van der Waals surface area contributed by atoms with Crippen LogP contribution >= 0.6 is 0 Å². The van der Waals surface area contributed by atoms with Crippen LogP contribution in [0.1, 0.15) is 32.4 Å². The van der Waals surface area contributed by atoms with E-state index in [0.29, 0.717) is 18.9 Å². The molecule has 5 heteroatoms. The van der Waals surface area contributed by atoms with Crippen molar-refractivity contribution in [1.29, 1.82) is 0 Å². The van der Waals surface area contributed by atoms with Gasteiger partial charge in [-0.3, -0.25) is 0 Å². The Morgan fingerprint density at radius 2 is 1.87 bits per heavy atom. The van der Waals surface area contributed by atoms with Crippen molar-refractivity contribution in [3.8, 4) is 0 Å². The molecule has 0 radical (unpaired) electrons. The Morgan fingerprint density at radius 3 is 2.40 bits per heavy atom. The molecule has 0 aromatic carbocycles. The first-order valence-electron chi connectivity index (χ1n) is 4.93. The number of rotatable bonds is 3. The van der Waals surface area contributed by atoms with Crippen molar-refractivity contribution in [2.24, 2.45) is 0 Å². The highest BCUT2D eigenvalue weighted by molar-refractivity contribution is 5.18. The molecule has 0 bridgehead atoms. The maximum Gasteiger partial charge on any atom is 0.223 e. The molecule has 15 heavy (non-hydrogen) atoms. The molecule has 0 fully saturated rings. The van der Waals surface area contributed by atoms with E-state index < -0.39 is 0 Å². The largest absolute Gasteiger partial charge is 0.384 e. The number of nitrogens with zero attached hydrogens (tertiary/aromatic N) is 3. The Balaban J connectivity index is 2.95. The van der Waals surface area contributed by atoms with Gasteiger partial charge in [-0.05, 0) is 0 Å². The number of ether oxygens (including phenoxy) is 1. The molecule has 1 aromatic heterocycles. The lowest BCUT2D eigenvalue weighted by atomic mass is 9.96. The molecule has 0 aliphatic carbocycles. The Bertz CT molecular complexity index is 333. The van der Waals surface area contributed by atoms with Gasteiger partial charge in [-0.25, -0.2) is 4.98 Å². The van der Waals surface area contributed by atoms with Gasteiger partial charge in [0, 0.05) is 18.9 Å². The zero-order valence-electron chi connectivity index (χ0n) is 9.74. The first-order valence-corrected chi connectivity index (χ1v) is 4.93. The second-order valence-corrected chi connectivity index (χ2v) is 4.43. The maximum absolute atomic E-state index is 5.62. The average molecular weight is 210 g/mol. The number of aromatic nitrogens is 3. The molecule has 1 heterocycles. The smallest absolute Gasteiger partial charge is 0.223 e. The highest BCUT2D eigenvalue weighted by Crippen LogP contribution is 2.18. The minimum Gasteiger partial charge on any atom is -0.384 e. The number of hydrogen-bond acceptors (Lipinski definition) is 5. The van der Waals surface area contributed by atoms with Gasteiger partial charge in [0.1, 0.15) is 11.6 Å². The Kier molecular flexibility index (Phi) is 3.57. The lowest BCUT2D eigenvalue weighted by molar-refractivity contribution is 0.200. The minimum atomic E-state index is -0.112. The normalized spacial score (nSPS) is 11.7. The Morgan fingerprint density at radius 1 is 1.20 bits per heavy atom. The van der Waals surface area contributed by atoms with Gasteiger partial charge < -0.3 is 10.5 Å². The zero-order chi connectivity index (χ0) is 11.5. The quantitative estimate of drug-likeness (QED) is 0.803. The summed E-state index contributed by atoms with van der Waals surface area (Å²) >= 11 is 0. The summed E-state index contributed by atoms with van der Waals surface area (Å²) in [5.74, 6) is 1.69. The summed E-state index contributed by atoms with van der Waals surface area (Å²) in [6.07, 6.45) is 0.659. The monoisotopic (exact) mass is 210 g/mol. The van der Waals surface area contributed by atoms with E-state index in [1.165, 1.54) is 0 Å². The fourth-order valence-electron chi connectivity index (χ4n) is 1.08. The Labute approximate surface area is 90.1 Å². The van der Waals surface area contributed by atoms with E-state index in [1.54, 1.807) is 7.11 Å². The van der Waals surface area contributed by atoms with E-state index in [-0.39, 0.29) is 11.4 Å². The van der Waals surface area contributed by atoms with E-state index in [1.807, 2.05) is 20.8 Å². The molecule has 0 saturated carbocycles. The highest BCUT2D eigenvalue weighted by atomic mass is 16.5. The molecule has 0 saturated heterocycles. The fraction of sp³-hybridized carbons (Fsp3) is 0.700. The standard InChI is InChI=1S/C10H18N4O/c1-10(2,3)8-12-7(5-6-15-4)13-9(11)14-8/h5-6H2,1-4H3,(H2,11,12,13,14). The van der Waals surface area contributed by atoms with Crippen LogP contribution in [-0.2, 0) is 16.6 Å². The van der Waals surface area contributed by atoms with Crippen molar-refractivity contribution in [3.63, 3.8) is 0 Å². The summed E-state index contributed by atoms with van der Waals surface area (Å²) in [4.78, 5) is 12.5. The van der Waals surface area contributed by atoms with Crippen LogP contribution in [-0.4, -0.2) is 28.7 Å². The van der Waals surface area contributed by atoms with Crippen molar-refractivity contribution in [1.82, 2.24) is 15.0 Å². The van der Waals surface area contributed by atoms with Crippen molar-refractivity contribution in [2.45, 2.75) is 32.6 Å².